The molecule has 2 aromatic heterocycles. The molecular weight excluding hydrogens is 304 g/mol. The number of nitrogens with zero attached hydrogens (tertiary/aromatic N) is 3. The zero-order valence-electron chi connectivity index (χ0n) is 13.8. The van der Waals surface area contributed by atoms with Gasteiger partial charge in [0, 0.05) is 25.0 Å². The highest BCUT2D eigenvalue weighted by Gasteiger charge is 2.12. The van der Waals surface area contributed by atoms with E-state index in [0.717, 1.165) is 28.2 Å². The van der Waals surface area contributed by atoms with Gasteiger partial charge in [0.25, 0.3) is 5.69 Å². The van der Waals surface area contributed by atoms with Gasteiger partial charge < -0.3 is 9.72 Å². The SMILES string of the molecule is CNc1ccc(/C=C/c2nc3cc(C)ccn3c2C)cc1[N+](=O)[O-]. The smallest absolute Gasteiger partial charge is 0.292 e. The van der Waals surface area contributed by atoms with E-state index >= 15 is 0 Å². The molecule has 0 atom stereocenters. The highest BCUT2D eigenvalue weighted by atomic mass is 16.6. The average Bonchev–Trinajstić information content (AvgIpc) is 2.87. The predicted molar refractivity (Wildman–Crippen MR) is 96.2 cm³/mol. The Morgan fingerprint density at radius 3 is 2.71 bits per heavy atom. The maximum absolute atomic E-state index is 11.1. The van der Waals surface area contributed by atoms with Crippen LogP contribution in [0.25, 0.3) is 17.8 Å². The van der Waals surface area contributed by atoms with Crippen LogP contribution in [0.1, 0.15) is 22.5 Å². The molecule has 0 aliphatic heterocycles. The van der Waals surface area contributed by atoms with Crippen LogP contribution >= 0.6 is 0 Å². The molecule has 0 radical (unpaired) electrons. The van der Waals surface area contributed by atoms with Crippen LogP contribution in [-0.4, -0.2) is 21.4 Å². The van der Waals surface area contributed by atoms with Crippen molar-refractivity contribution >= 4 is 29.2 Å². The van der Waals surface area contributed by atoms with E-state index in [1.165, 1.54) is 0 Å². The van der Waals surface area contributed by atoms with Crippen molar-refractivity contribution in [2.45, 2.75) is 13.8 Å². The van der Waals surface area contributed by atoms with Gasteiger partial charge in [-0.05, 0) is 49.2 Å². The molecule has 0 aliphatic carbocycles. The van der Waals surface area contributed by atoms with Gasteiger partial charge >= 0.3 is 0 Å². The fourth-order valence-corrected chi connectivity index (χ4v) is 2.64. The summed E-state index contributed by atoms with van der Waals surface area (Å²) in [6.07, 6.45) is 5.72. The molecule has 0 spiro atoms. The van der Waals surface area contributed by atoms with Crippen LogP contribution in [0.2, 0.25) is 0 Å². The molecule has 0 saturated carbocycles. The Balaban J connectivity index is 1.98. The normalized spacial score (nSPS) is 11.3. The molecular formula is C18H18N4O2. The van der Waals surface area contributed by atoms with Gasteiger partial charge in [-0.1, -0.05) is 12.1 Å². The van der Waals surface area contributed by atoms with E-state index in [-0.39, 0.29) is 10.6 Å². The number of benzene rings is 1. The molecule has 24 heavy (non-hydrogen) atoms. The Bertz CT molecular complexity index is 957. The highest BCUT2D eigenvalue weighted by molar-refractivity contribution is 5.74. The molecule has 0 fully saturated rings. The molecule has 2 heterocycles. The van der Waals surface area contributed by atoms with Crippen molar-refractivity contribution in [3.63, 3.8) is 0 Å². The molecule has 1 aromatic carbocycles. The van der Waals surface area contributed by atoms with Gasteiger partial charge in [0.1, 0.15) is 11.3 Å². The first kappa shape index (κ1) is 15.7. The summed E-state index contributed by atoms with van der Waals surface area (Å²) in [7, 11) is 1.67. The number of pyridine rings is 1. The number of nitro benzene ring substituents is 1. The largest absolute Gasteiger partial charge is 0.383 e. The molecule has 6 nitrogen and oxygen atoms in total. The van der Waals surface area contributed by atoms with Crippen LogP contribution in [0.3, 0.4) is 0 Å². The van der Waals surface area contributed by atoms with Crippen molar-refractivity contribution in [3.8, 4) is 0 Å². The average molecular weight is 322 g/mol. The van der Waals surface area contributed by atoms with Crippen LogP contribution in [0.5, 0.6) is 0 Å². The minimum absolute atomic E-state index is 0.0574. The number of fused-ring (bicyclic) bond motifs is 1. The molecule has 122 valence electrons. The number of aromatic nitrogens is 2. The summed E-state index contributed by atoms with van der Waals surface area (Å²) in [5, 5.41) is 14.0. The van der Waals surface area contributed by atoms with Gasteiger partial charge in [-0.25, -0.2) is 4.98 Å². The predicted octanol–water partition coefficient (Wildman–Crippen LogP) is 4.07. The summed E-state index contributed by atoms with van der Waals surface area (Å²) in [5.74, 6) is 0. The number of nitro groups is 1. The van der Waals surface area contributed by atoms with E-state index in [9.17, 15) is 10.1 Å². The van der Waals surface area contributed by atoms with Crippen molar-refractivity contribution < 1.29 is 4.92 Å². The zero-order valence-corrected chi connectivity index (χ0v) is 13.8. The first-order chi connectivity index (χ1) is 11.5. The van der Waals surface area contributed by atoms with E-state index in [2.05, 4.69) is 10.3 Å². The Kier molecular flexibility index (Phi) is 4.04. The Morgan fingerprint density at radius 1 is 1.21 bits per heavy atom. The Hall–Kier alpha value is -3.15. The number of imidazole rings is 1. The molecule has 0 amide bonds. The summed E-state index contributed by atoms with van der Waals surface area (Å²) in [6.45, 7) is 4.03. The minimum Gasteiger partial charge on any atom is -0.383 e. The maximum Gasteiger partial charge on any atom is 0.292 e. The maximum atomic E-state index is 11.1. The second-order valence-electron chi connectivity index (χ2n) is 5.63. The van der Waals surface area contributed by atoms with Gasteiger partial charge in [-0.2, -0.15) is 0 Å². The van der Waals surface area contributed by atoms with E-state index in [1.54, 1.807) is 19.2 Å². The van der Waals surface area contributed by atoms with Crippen LogP contribution in [0.15, 0.2) is 36.5 Å². The van der Waals surface area contributed by atoms with Gasteiger partial charge in [0.2, 0.25) is 0 Å². The van der Waals surface area contributed by atoms with E-state index < -0.39 is 0 Å². The lowest BCUT2D eigenvalue weighted by Gasteiger charge is -2.02. The topological polar surface area (TPSA) is 72.5 Å². The Labute approximate surface area is 139 Å². The zero-order chi connectivity index (χ0) is 17.3. The number of anilines is 1. The van der Waals surface area contributed by atoms with Crippen LogP contribution in [0.4, 0.5) is 11.4 Å². The molecule has 6 heteroatoms. The number of nitrogens with one attached hydrogen (secondary N) is 1. The van der Waals surface area contributed by atoms with Crippen molar-refractivity contribution in [1.82, 2.24) is 9.38 Å². The molecule has 3 aromatic rings. The first-order valence-electron chi connectivity index (χ1n) is 7.59. The number of aryl methyl sites for hydroxylation is 2. The molecule has 0 bridgehead atoms. The van der Waals surface area contributed by atoms with Gasteiger partial charge in [-0.15, -0.1) is 0 Å². The van der Waals surface area contributed by atoms with Crippen molar-refractivity contribution in [2.75, 3.05) is 12.4 Å². The third kappa shape index (κ3) is 2.86. The van der Waals surface area contributed by atoms with E-state index in [1.807, 2.05) is 54.8 Å². The van der Waals surface area contributed by atoms with Crippen LogP contribution in [-0.2, 0) is 0 Å². The van der Waals surface area contributed by atoms with Gasteiger partial charge in [0.05, 0.1) is 10.6 Å². The third-order valence-electron chi connectivity index (χ3n) is 3.98. The third-order valence-corrected chi connectivity index (χ3v) is 3.98. The fourth-order valence-electron chi connectivity index (χ4n) is 2.64. The van der Waals surface area contributed by atoms with E-state index in [0.29, 0.717) is 5.69 Å². The second kappa shape index (κ2) is 6.16. The van der Waals surface area contributed by atoms with Gasteiger partial charge in [0.15, 0.2) is 0 Å². The monoisotopic (exact) mass is 322 g/mol. The number of rotatable bonds is 4. The number of hydrogen-bond donors (Lipinski definition) is 1. The standard InChI is InChI=1S/C18H18N4O2/c1-12-8-9-21-13(2)15(20-18(21)10-12)6-4-14-5-7-16(19-3)17(11-14)22(23)24/h4-11,19H,1-3H3/b6-4+. The molecule has 0 aliphatic rings. The van der Waals surface area contributed by atoms with Crippen molar-refractivity contribution in [1.29, 1.82) is 0 Å². The van der Waals surface area contributed by atoms with Crippen molar-refractivity contribution in [3.05, 3.63) is 69.2 Å². The lowest BCUT2D eigenvalue weighted by atomic mass is 10.1. The number of hydrogen-bond acceptors (Lipinski definition) is 4. The molecule has 3 rings (SSSR count). The first-order valence-corrected chi connectivity index (χ1v) is 7.59. The summed E-state index contributed by atoms with van der Waals surface area (Å²) in [4.78, 5) is 15.4. The lowest BCUT2D eigenvalue weighted by molar-refractivity contribution is -0.383. The lowest BCUT2D eigenvalue weighted by Crippen LogP contribution is -1.96. The van der Waals surface area contributed by atoms with Crippen LogP contribution in [0, 0.1) is 24.0 Å². The molecule has 0 saturated heterocycles. The quantitative estimate of drug-likeness (QED) is 0.580. The van der Waals surface area contributed by atoms with Gasteiger partial charge in [-0.3, -0.25) is 10.1 Å². The molecule has 1 N–H and O–H groups in total. The second-order valence-corrected chi connectivity index (χ2v) is 5.63. The molecule has 0 unspecified atom stereocenters. The summed E-state index contributed by atoms with van der Waals surface area (Å²) in [6, 6.07) is 9.16. The van der Waals surface area contributed by atoms with E-state index in [4.69, 9.17) is 0 Å². The Morgan fingerprint density at radius 2 is 2.00 bits per heavy atom. The fraction of sp³-hybridized carbons (Fsp3) is 0.167. The highest BCUT2D eigenvalue weighted by Crippen LogP contribution is 2.26. The summed E-state index contributed by atoms with van der Waals surface area (Å²) in [5.41, 5.74) is 5.24. The van der Waals surface area contributed by atoms with Crippen molar-refractivity contribution in [2.24, 2.45) is 0 Å². The van der Waals surface area contributed by atoms with Crippen LogP contribution < -0.4 is 5.32 Å². The minimum atomic E-state index is -0.387. The summed E-state index contributed by atoms with van der Waals surface area (Å²) >= 11 is 0. The summed E-state index contributed by atoms with van der Waals surface area (Å²) < 4.78 is 2.03.